The molecule has 0 unspecified atom stereocenters. The number of benzene rings is 2. The zero-order valence-electron chi connectivity index (χ0n) is 15.8. The number of carbonyl (C=O) groups excluding carboxylic acids is 1. The van der Waals surface area contributed by atoms with Crippen LogP contribution in [-0.2, 0) is 13.1 Å². The van der Waals surface area contributed by atoms with E-state index in [0.717, 1.165) is 27.9 Å². The first-order valence-corrected chi connectivity index (χ1v) is 8.85. The number of carbonyl (C=O) groups is 1. The van der Waals surface area contributed by atoms with Gasteiger partial charge in [-0.2, -0.15) is 0 Å². The second-order valence-corrected chi connectivity index (χ2v) is 6.20. The van der Waals surface area contributed by atoms with Gasteiger partial charge in [-0.1, -0.05) is 30.3 Å². The maximum Gasteiger partial charge on any atom is 0.251 e. The summed E-state index contributed by atoms with van der Waals surface area (Å²) in [5.41, 5.74) is 3.74. The Hall–Kier alpha value is -3.28. The lowest BCUT2D eigenvalue weighted by Gasteiger charge is -2.11. The van der Waals surface area contributed by atoms with Crippen molar-refractivity contribution in [2.75, 3.05) is 14.1 Å². The average Bonchev–Trinajstić information content (AvgIpc) is 3.04. The third kappa shape index (κ3) is 4.28. The van der Waals surface area contributed by atoms with Gasteiger partial charge in [0, 0.05) is 37.2 Å². The number of para-hydroxylation sites is 1. The van der Waals surface area contributed by atoms with Crippen molar-refractivity contribution in [3.63, 3.8) is 0 Å². The highest BCUT2D eigenvalue weighted by Crippen LogP contribution is 2.24. The summed E-state index contributed by atoms with van der Waals surface area (Å²) in [7, 11) is 3.35. The van der Waals surface area contributed by atoms with Crippen molar-refractivity contribution < 1.29 is 9.21 Å². The van der Waals surface area contributed by atoms with Gasteiger partial charge in [0.1, 0.15) is 11.3 Å². The van der Waals surface area contributed by atoms with Crippen LogP contribution in [-0.4, -0.2) is 26.0 Å². The monoisotopic (exact) mass is 364 g/mol. The SMILES string of the molecule is CN=C(NCc1ccc(C(=O)NC)cc1)NCc1oc2ccccc2c1C. The van der Waals surface area contributed by atoms with E-state index in [1.165, 1.54) is 0 Å². The number of aryl methyl sites for hydroxylation is 1. The molecule has 3 rings (SSSR count). The number of nitrogens with one attached hydrogen (secondary N) is 3. The Labute approximate surface area is 158 Å². The molecule has 3 N–H and O–H groups in total. The Kier molecular flexibility index (Phi) is 5.76. The topological polar surface area (TPSA) is 78.7 Å². The van der Waals surface area contributed by atoms with Gasteiger partial charge in [0.2, 0.25) is 0 Å². The number of guanidine groups is 1. The van der Waals surface area contributed by atoms with Gasteiger partial charge in [0.25, 0.3) is 5.91 Å². The fourth-order valence-electron chi connectivity index (χ4n) is 2.88. The highest BCUT2D eigenvalue weighted by atomic mass is 16.3. The fraction of sp³-hybridized carbons (Fsp3) is 0.238. The van der Waals surface area contributed by atoms with E-state index in [9.17, 15) is 4.79 Å². The van der Waals surface area contributed by atoms with Crippen LogP contribution >= 0.6 is 0 Å². The zero-order chi connectivity index (χ0) is 19.2. The molecular formula is C21H24N4O2. The minimum absolute atomic E-state index is 0.0896. The molecule has 0 aliphatic carbocycles. The lowest BCUT2D eigenvalue weighted by atomic mass is 10.1. The average molecular weight is 364 g/mol. The lowest BCUT2D eigenvalue weighted by molar-refractivity contribution is 0.0963. The number of hydrogen-bond acceptors (Lipinski definition) is 3. The van der Waals surface area contributed by atoms with Crippen molar-refractivity contribution in [1.29, 1.82) is 0 Å². The first-order chi connectivity index (χ1) is 13.1. The number of furan rings is 1. The summed E-state index contributed by atoms with van der Waals surface area (Å²) in [4.78, 5) is 15.8. The zero-order valence-corrected chi connectivity index (χ0v) is 15.8. The van der Waals surface area contributed by atoms with Gasteiger partial charge in [-0.25, -0.2) is 0 Å². The summed E-state index contributed by atoms with van der Waals surface area (Å²) >= 11 is 0. The third-order valence-corrected chi connectivity index (χ3v) is 4.49. The van der Waals surface area contributed by atoms with Gasteiger partial charge in [-0.3, -0.25) is 9.79 Å². The normalized spacial score (nSPS) is 11.4. The Bertz CT molecular complexity index is 958. The van der Waals surface area contributed by atoms with Gasteiger partial charge in [-0.05, 0) is 30.7 Å². The second kappa shape index (κ2) is 8.40. The van der Waals surface area contributed by atoms with Crippen LogP contribution in [0.3, 0.4) is 0 Å². The number of aliphatic imine (C=N–C) groups is 1. The maximum atomic E-state index is 11.6. The molecule has 27 heavy (non-hydrogen) atoms. The van der Waals surface area contributed by atoms with Gasteiger partial charge in [0.15, 0.2) is 5.96 Å². The summed E-state index contributed by atoms with van der Waals surface area (Å²) < 4.78 is 5.92. The fourth-order valence-corrected chi connectivity index (χ4v) is 2.88. The highest BCUT2D eigenvalue weighted by Gasteiger charge is 2.10. The number of hydrogen-bond donors (Lipinski definition) is 3. The molecule has 0 fully saturated rings. The van der Waals surface area contributed by atoms with Gasteiger partial charge >= 0.3 is 0 Å². The van der Waals surface area contributed by atoms with Gasteiger partial charge in [-0.15, -0.1) is 0 Å². The summed E-state index contributed by atoms with van der Waals surface area (Å²) in [6.07, 6.45) is 0. The Morgan fingerprint density at radius 1 is 1.04 bits per heavy atom. The smallest absolute Gasteiger partial charge is 0.251 e. The van der Waals surface area contributed by atoms with E-state index in [1.54, 1.807) is 14.1 Å². The van der Waals surface area contributed by atoms with Crippen LogP contribution in [0, 0.1) is 6.92 Å². The van der Waals surface area contributed by atoms with Gasteiger partial charge < -0.3 is 20.4 Å². The van der Waals surface area contributed by atoms with Crippen molar-refractivity contribution in [1.82, 2.24) is 16.0 Å². The molecular weight excluding hydrogens is 340 g/mol. The molecule has 0 bridgehead atoms. The number of nitrogens with zero attached hydrogens (tertiary/aromatic N) is 1. The molecule has 6 heteroatoms. The van der Waals surface area contributed by atoms with Crippen molar-refractivity contribution in [2.45, 2.75) is 20.0 Å². The molecule has 2 aromatic carbocycles. The maximum absolute atomic E-state index is 11.6. The molecule has 1 amide bonds. The first-order valence-electron chi connectivity index (χ1n) is 8.85. The van der Waals surface area contributed by atoms with E-state index >= 15 is 0 Å². The minimum Gasteiger partial charge on any atom is -0.459 e. The molecule has 1 aromatic heterocycles. The molecule has 3 aromatic rings. The first kappa shape index (κ1) is 18.5. The van der Waals surface area contributed by atoms with Crippen molar-refractivity contribution in [3.8, 4) is 0 Å². The molecule has 0 aliphatic rings. The second-order valence-electron chi connectivity index (χ2n) is 6.20. The molecule has 0 spiro atoms. The van der Waals surface area contributed by atoms with E-state index in [4.69, 9.17) is 4.42 Å². The standard InChI is InChI=1S/C21H24N4O2/c1-14-17-6-4-5-7-18(17)27-19(14)13-25-21(23-3)24-12-15-8-10-16(11-9-15)20(26)22-2/h4-11H,12-13H2,1-3H3,(H,22,26)(H2,23,24,25). The number of amides is 1. The van der Waals surface area contributed by atoms with Gasteiger partial charge in [0.05, 0.1) is 6.54 Å². The highest BCUT2D eigenvalue weighted by molar-refractivity contribution is 5.94. The van der Waals surface area contributed by atoms with Crippen LogP contribution in [0.4, 0.5) is 0 Å². The van der Waals surface area contributed by atoms with E-state index in [0.29, 0.717) is 24.6 Å². The molecule has 0 saturated heterocycles. The molecule has 140 valence electrons. The number of rotatable bonds is 5. The van der Waals surface area contributed by atoms with Crippen LogP contribution < -0.4 is 16.0 Å². The van der Waals surface area contributed by atoms with E-state index in [2.05, 4.69) is 33.9 Å². The Morgan fingerprint density at radius 3 is 2.41 bits per heavy atom. The molecule has 6 nitrogen and oxygen atoms in total. The molecule has 0 saturated carbocycles. The summed E-state index contributed by atoms with van der Waals surface area (Å²) in [5.74, 6) is 1.49. The largest absolute Gasteiger partial charge is 0.459 e. The molecule has 1 heterocycles. The summed E-state index contributed by atoms with van der Waals surface area (Å²) in [6.45, 7) is 3.22. The number of fused-ring (bicyclic) bond motifs is 1. The Morgan fingerprint density at radius 2 is 1.74 bits per heavy atom. The van der Waals surface area contributed by atoms with Crippen LogP contribution in [0.2, 0.25) is 0 Å². The molecule has 0 radical (unpaired) electrons. The van der Waals surface area contributed by atoms with Crippen molar-refractivity contribution in [2.24, 2.45) is 4.99 Å². The predicted molar refractivity (Wildman–Crippen MR) is 108 cm³/mol. The van der Waals surface area contributed by atoms with E-state index < -0.39 is 0 Å². The molecule has 0 aliphatic heterocycles. The van der Waals surface area contributed by atoms with Crippen molar-refractivity contribution >= 4 is 22.8 Å². The minimum atomic E-state index is -0.0896. The van der Waals surface area contributed by atoms with Crippen LogP contribution in [0.15, 0.2) is 57.9 Å². The predicted octanol–water partition coefficient (Wildman–Crippen LogP) is 2.97. The summed E-state index contributed by atoms with van der Waals surface area (Å²) in [5, 5.41) is 10.3. The Balaban J connectivity index is 1.58. The summed E-state index contributed by atoms with van der Waals surface area (Å²) in [6, 6.07) is 15.5. The van der Waals surface area contributed by atoms with E-state index in [-0.39, 0.29) is 5.91 Å². The third-order valence-electron chi connectivity index (χ3n) is 4.49. The van der Waals surface area contributed by atoms with E-state index in [1.807, 2.05) is 42.5 Å². The van der Waals surface area contributed by atoms with Crippen LogP contribution in [0.25, 0.3) is 11.0 Å². The van der Waals surface area contributed by atoms with Crippen molar-refractivity contribution in [3.05, 3.63) is 71.0 Å². The van der Waals surface area contributed by atoms with Crippen LogP contribution in [0.1, 0.15) is 27.2 Å². The lowest BCUT2D eigenvalue weighted by Crippen LogP contribution is -2.36. The molecule has 0 atom stereocenters. The quantitative estimate of drug-likeness (QED) is 0.480. The van der Waals surface area contributed by atoms with Crippen LogP contribution in [0.5, 0.6) is 0 Å².